The third kappa shape index (κ3) is 2.15. The Labute approximate surface area is 84.8 Å². The van der Waals surface area contributed by atoms with Crippen LogP contribution < -0.4 is 0 Å². The van der Waals surface area contributed by atoms with E-state index in [0.717, 1.165) is 31.5 Å². The number of fused-ring (bicyclic) bond motifs is 1. The van der Waals surface area contributed by atoms with Crippen LogP contribution >= 0.6 is 0 Å². The van der Waals surface area contributed by atoms with E-state index in [9.17, 15) is 5.11 Å². The van der Waals surface area contributed by atoms with Gasteiger partial charge >= 0.3 is 0 Å². The van der Waals surface area contributed by atoms with E-state index in [-0.39, 0.29) is 6.10 Å². The Morgan fingerprint density at radius 3 is 3.14 bits per heavy atom. The van der Waals surface area contributed by atoms with Crippen LogP contribution in [0.4, 0.5) is 0 Å². The molecule has 0 unspecified atom stereocenters. The summed E-state index contributed by atoms with van der Waals surface area (Å²) in [5, 5.41) is 9.18. The van der Waals surface area contributed by atoms with Crippen LogP contribution in [0.2, 0.25) is 0 Å². The van der Waals surface area contributed by atoms with Gasteiger partial charge in [0.25, 0.3) is 0 Å². The minimum Gasteiger partial charge on any atom is -0.393 e. The van der Waals surface area contributed by atoms with Gasteiger partial charge < -0.3 is 9.67 Å². The van der Waals surface area contributed by atoms with E-state index >= 15 is 0 Å². The van der Waals surface area contributed by atoms with Gasteiger partial charge in [-0.1, -0.05) is 0 Å². The molecule has 1 aliphatic heterocycles. The fraction of sp³-hybridized carbons (Fsp3) is 0.727. The molecule has 0 saturated carbocycles. The van der Waals surface area contributed by atoms with Gasteiger partial charge in [0.1, 0.15) is 5.82 Å². The van der Waals surface area contributed by atoms with Crippen molar-refractivity contribution in [2.24, 2.45) is 0 Å². The summed E-state index contributed by atoms with van der Waals surface area (Å²) in [6, 6.07) is 0. The molecule has 0 spiro atoms. The maximum atomic E-state index is 9.18. The van der Waals surface area contributed by atoms with E-state index in [0.29, 0.717) is 0 Å². The van der Waals surface area contributed by atoms with Crippen LogP contribution in [0.15, 0.2) is 6.20 Å². The third-order valence-corrected chi connectivity index (χ3v) is 2.78. The summed E-state index contributed by atoms with van der Waals surface area (Å²) in [4.78, 5) is 4.57. The molecule has 14 heavy (non-hydrogen) atoms. The molecular weight excluding hydrogens is 176 g/mol. The van der Waals surface area contributed by atoms with Gasteiger partial charge in [-0.15, -0.1) is 0 Å². The van der Waals surface area contributed by atoms with Gasteiger partial charge in [0.05, 0.1) is 11.8 Å². The first-order valence-electron chi connectivity index (χ1n) is 5.48. The van der Waals surface area contributed by atoms with Gasteiger partial charge in [0.2, 0.25) is 0 Å². The molecule has 78 valence electrons. The molecule has 0 amide bonds. The van der Waals surface area contributed by atoms with Crippen molar-refractivity contribution in [2.45, 2.75) is 51.7 Å². The van der Waals surface area contributed by atoms with Crippen molar-refractivity contribution in [2.75, 3.05) is 0 Å². The number of rotatable bonds is 3. The van der Waals surface area contributed by atoms with E-state index < -0.39 is 0 Å². The molecule has 0 aliphatic carbocycles. The molecule has 2 heterocycles. The van der Waals surface area contributed by atoms with E-state index in [1.165, 1.54) is 18.7 Å². The largest absolute Gasteiger partial charge is 0.393 e. The highest BCUT2D eigenvalue weighted by Gasteiger charge is 2.12. The molecule has 0 saturated heterocycles. The average molecular weight is 194 g/mol. The van der Waals surface area contributed by atoms with Gasteiger partial charge in [-0.2, -0.15) is 0 Å². The summed E-state index contributed by atoms with van der Waals surface area (Å²) in [5.74, 6) is 1.23. The zero-order valence-electron chi connectivity index (χ0n) is 8.74. The predicted octanol–water partition coefficient (Wildman–Crippen LogP) is 1.53. The highest BCUT2D eigenvalue weighted by Crippen LogP contribution is 2.15. The molecule has 3 nitrogen and oxygen atoms in total. The summed E-state index contributed by atoms with van der Waals surface area (Å²) in [5.41, 5.74) is 1.14. The highest BCUT2D eigenvalue weighted by atomic mass is 16.3. The Kier molecular flexibility index (Phi) is 2.87. The fourth-order valence-electron chi connectivity index (χ4n) is 1.95. The normalized spacial score (nSPS) is 17.9. The van der Waals surface area contributed by atoms with Crippen molar-refractivity contribution in [3.63, 3.8) is 0 Å². The van der Waals surface area contributed by atoms with E-state index in [2.05, 4.69) is 15.7 Å². The molecular formula is C11H18N2O. The topological polar surface area (TPSA) is 38.0 Å². The number of imidazole rings is 1. The zero-order valence-corrected chi connectivity index (χ0v) is 8.74. The molecule has 1 aromatic rings. The summed E-state index contributed by atoms with van der Waals surface area (Å²) in [6.07, 6.45) is 7.32. The maximum Gasteiger partial charge on any atom is 0.108 e. The SMILES string of the molecule is C[C@@H](O)CCc1cn2c(n1)CCCC2. The Bertz CT molecular complexity index is 281. The second-order valence-corrected chi connectivity index (χ2v) is 4.19. The van der Waals surface area contributed by atoms with Crippen LogP contribution in [0.1, 0.15) is 37.7 Å². The Morgan fingerprint density at radius 2 is 2.43 bits per heavy atom. The number of hydrogen-bond donors (Lipinski definition) is 1. The molecule has 2 rings (SSSR count). The lowest BCUT2D eigenvalue weighted by Crippen LogP contribution is -2.08. The summed E-state index contributed by atoms with van der Waals surface area (Å²) in [6.45, 7) is 2.95. The first kappa shape index (κ1) is 9.71. The minimum absolute atomic E-state index is 0.214. The second-order valence-electron chi connectivity index (χ2n) is 4.19. The van der Waals surface area contributed by atoms with E-state index in [1.807, 2.05) is 6.92 Å². The van der Waals surface area contributed by atoms with Crippen molar-refractivity contribution >= 4 is 0 Å². The molecule has 1 aromatic heterocycles. The van der Waals surface area contributed by atoms with E-state index in [4.69, 9.17) is 0 Å². The lowest BCUT2D eigenvalue weighted by molar-refractivity contribution is 0.184. The Balaban J connectivity index is 2.01. The van der Waals surface area contributed by atoms with Crippen LogP contribution in [0, 0.1) is 0 Å². The molecule has 1 N–H and O–H groups in total. The fourth-order valence-corrected chi connectivity index (χ4v) is 1.95. The standard InChI is InChI=1S/C11H18N2O/c1-9(14)5-6-10-8-13-7-3-2-4-11(13)12-10/h8-9,14H,2-7H2,1H3/t9-/m1/s1. The number of hydrogen-bond acceptors (Lipinski definition) is 2. The Morgan fingerprint density at radius 1 is 1.57 bits per heavy atom. The maximum absolute atomic E-state index is 9.18. The molecule has 0 fully saturated rings. The zero-order chi connectivity index (χ0) is 9.97. The quantitative estimate of drug-likeness (QED) is 0.792. The molecule has 3 heteroatoms. The molecule has 0 radical (unpaired) electrons. The van der Waals surface area contributed by atoms with Gasteiger partial charge in [-0.3, -0.25) is 0 Å². The molecule has 0 bridgehead atoms. The lowest BCUT2D eigenvalue weighted by atomic mass is 10.2. The molecule has 1 atom stereocenters. The number of nitrogens with zero attached hydrogens (tertiary/aromatic N) is 2. The Hall–Kier alpha value is -0.830. The number of aliphatic hydroxyl groups is 1. The lowest BCUT2D eigenvalue weighted by Gasteiger charge is -2.11. The summed E-state index contributed by atoms with van der Waals surface area (Å²) in [7, 11) is 0. The van der Waals surface area contributed by atoms with Crippen molar-refractivity contribution in [1.82, 2.24) is 9.55 Å². The van der Waals surface area contributed by atoms with Crippen molar-refractivity contribution in [3.8, 4) is 0 Å². The van der Waals surface area contributed by atoms with Crippen molar-refractivity contribution < 1.29 is 5.11 Å². The highest BCUT2D eigenvalue weighted by molar-refractivity contribution is 5.06. The van der Waals surface area contributed by atoms with Crippen molar-refractivity contribution in [1.29, 1.82) is 0 Å². The number of aryl methyl sites for hydroxylation is 3. The first-order valence-corrected chi connectivity index (χ1v) is 5.48. The van der Waals surface area contributed by atoms with Crippen LogP contribution in [-0.2, 0) is 19.4 Å². The van der Waals surface area contributed by atoms with Crippen LogP contribution in [-0.4, -0.2) is 20.8 Å². The smallest absolute Gasteiger partial charge is 0.108 e. The van der Waals surface area contributed by atoms with Gasteiger partial charge in [-0.05, 0) is 32.6 Å². The molecule has 0 aromatic carbocycles. The van der Waals surface area contributed by atoms with Crippen LogP contribution in [0.3, 0.4) is 0 Å². The van der Waals surface area contributed by atoms with Gasteiger partial charge in [0.15, 0.2) is 0 Å². The van der Waals surface area contributed by atoms with Crippen molar-refractivity contribution in [3.05, 3.63) is 17.7 Å². The number of aliphatic hydroxyl groups excluding tert-OH is 1. The third-order valence-electron chi connectivity index (χ3n) is 2.78. The van der Waals surface area contributed by atoms with E-state index in [1.54, 1.807) is 0 Å². The monoisotopic (exact) mass is 194 g/mol. The average Bonchev–Trinajstić information content (AvgIpc) is 2.57. The van der Waals surface area contributed by atoms with Crippen LogP contribution in [0.25, 0.3) is 0 Å². The summed E-state index contributed by atoms with van der Waals surface area (Å²) < 4.78 is 2.26. The number of aromatic nitrogens is 2. The van der Waals surface area contributed by atoms with Crippen LogP contribution in [0.5, 0.6) is 0 Å². The summed E-state index contributed by atoms with van der Waals surface area (Å²) >= 11 is 0. The second kappa shape index (κ2) is 4.13. The molecule has 1 aliphatic rings. The first-order chi connectivity index (χ1) is 6.75. The minimum atomic E-state index is -0.214. The van der Waals surface area contributed by atoms with Gasteiger partial charge in [-0.25, -0.2) is 4.98 Å². The predicted molar refractivity (Wildman–Crippen MR) is 55.2 cm³/mol. The van der Waals surface area contributed by atoms with Gasteiger partial charge in [0, 0.05) is 19.2 Å².